The molecule has 0 saturated carbocycles. The van der Waals surface area contributed by atoms with Gasteiger partial charge in [0.15, 0.2) is 0 Å². The van der Waals surface area contributed by atoms with Crippen molar-refractivity contribution < 1.29 is 4.79 Å². The van der Waals surface area contributed by atoms with Gasteiger partial charge in [-0.2, -0.15) is 0 Å². The SMILES string of the molecule is CC/C=C(C(N)=O)/C(Cl)=C\C(Cl)=N/C. The third-order valence-electron chi connectivity index (χ3n) is 1.39. The molecular formula is C9H12Cl2N2O. The minimum atomic E-state index is -0.575. The van der Waals surface area contributed by atoms with Crippen molar-refractivity contribution in [2.24, 2.45) is 10.7 Å². The first-order valence-electron chi connectivity index (χ1n) is 4.02. The molecule has 78 valence electrons. The van der Waals surface area contributed by atoms with Crippen LogP contribution in [0.25, 0.3) is 0 Å². The van der Waals surface area contributed by atoms with E-state index in [1.807, 2.05) is 6.92 Å². The van der Waals surface area contributed by atoms with E-state index >= 15 is 0 Å². The third kappa shape index (κ3) is 4.44. The maximum Gasteiger partial charge on any atom is 0.249 e. The predicted octanol–water partition coefficient (Wildman–Crippen LogP) is 2.20. The summed E-state index contributed by atoms with van der Waals surface area (Å²) in [5, 5.41) is 0.424. The van der Waals surface area contributed by atoms with Gasteiger partial charge < -0.3 is 5.73 Å². The van der Waals surface area contributed by atoms with Gasteiger partial charge in [-0.3, -0.25) is 9.79 Å². The van der Waals surface area contributed by atoms with Crippen molar-refractivity contribution >= 4 is 34.3 Å². The van der Waals surface area contributed by atoms with Crippen molar-refractivity contribution in [1.82, 2.24) is 0 Å². The van der Waals surface area contributed by atoms with Crippen LogP contribution >= 0.6 is 23.2 Å². The lowest BCUT2D eigenvalue weighted by molar-refractivity contribution is -0.114. The Morgan fingerprint density at radius 1 is 1.50 bits per heavy atom. The molecule has 0 aliphatic heterocycles. The average Bonchev–Trinajstić information content (AvgIpc) is 2.13. The summed E-state index contributed by atoms with van der Waals surface area (Å²) in [5.74, 6) is -0.575. The highest BCUT2D eigenvalue weighted by Gasteiger charge is 2.08. The molecular weight excluding hydrogens is 223 g/mol. The van der Waals surface area contributed by atoms with E-state index < -0.39 is 5.91 Å². The Balaban J connectivity index is 4.96. The van der Waals surface area contributed by atoms with E-state index in [9.17, 15) is 4.79 Å². The average molecular weight is 235 g/mol. The smallest absolute Gasteiger partial charge is 0.249 e. The molecule has 1 amide bonds. The molecule has 0 unspecified atom stereocenters. The standard InChI is InChI=1S/C9H12Cl2N2O/c1-3-4-6(9(12)14)7(10)5-8(11)13-2/h4-5H,3H2,1-2H3,(H2,12,14)/b6-4-,7-5+,13-8+. The number of carbonyl (C=O) groups is 1. The third-order valence-corrected chi connectivity index (χ3v) is 1.98. The number of hydrogen-bond donors (Lipinski definition) is 1. The monoisotopic (exact) mass is 234 g/mol. The van der Waals surface area contributed by atoms with E-state index in [2.05, 4.69) is 4.99 Å². The number of nitrogens with zero attached hydrogens (tertiary/aromatic N) is 1. The van der Waals surface area contributed by atoms with Gasteiger partial charge in [-0.25, -0.2) is 0 Å². The van der Waals surface area contributed by atoms with Crippen LogP contribution in [0.2, 0.25) is 0 Å². The maximum atomic E-state index is 10.9. The summed E-state index contributed by atoms with van der Waals surface area (Å²) in [6, 6.07) is 0. The van der Waals surface area contributed by atoms with Crippen LogP contribution in [0.3, 0.4) is 0 Å². The molecule has 0 radical (unpaired) electrons. The number of rotatable bonds is 4. The zero-order valence-electron chi connectivity index (χ0n) is 8.05. The van der Waals surface area contributed by atoms with Crippen molar-refractivity contribution in [1.29, 1.82) is 0 Å². The largest absolute Gasteiger partial charge is 0.366 e. The van der Waals surface area contributed by atoms with Gasteiger partial charge >= 0.3 is 0 Å². The fourth-order valence-corrected chi connectivity index (χ4v) is 1.21. The molecule has 0 aliphatic carbocycles. The van der Waals surface area contributed by atoms with E-state index in [4.69, 9.17) is 28.9 Å². The van der Waals surface area contributed by atoms with Gasteiger partial charge in [-0.1, -0.05) is 36.2 Å². The number of amides is 1. The molecule has 0 aromatic carbocycles. The fraction of sp³-hybridized carbons (Fsp3) is 0.333. The van der Waals surface area contributed by atoms with Crippen molar-refractivity contribution in [3.8, 4) is 0 Å². The van der Waals surface area contributed by atoms with Crippen LogP contribution in [0.15, 0.2) is 27.7 Å². The summed E-state index contributed by atoms with van der Waals surface area (Å²) in [5.41, 5.74) is 5.39. The Kier molecular flexibility index (Phi) is 6.25. The molecule has 0 saturated heterocycles. The van der Waals surface area contributed by atoms with E-state index in [1.54, 1.807) is 6.08 Å². The zero-order chi connectivity index (χ0) is 11.1. The Morgan fingerprint density at radius 3 is 2.43 bits per heavy atom. The van der Waals surface area contributed by atoms with Crippen molar-refractivity contribution in [2.75, 3.05) is 7.05 Å². The predicted molar refractivity (Wildman–Crippen MR) is 60.7 cm³/mol. The van der Waals surface area contributed by atoms with Crippen LogP contribution < -0.4 is 5.73 Å². The van der Waals surface area contributed by atoms with Crippen LogP contribution in [0.5, 0.6) is 0 Å². The first-order valence-corrected chi connectivity index (χ1v) is 4.78. The Labute approximate surface area is 93.3 Å². The minimum Gasteiger partial charge on any atom is -0.366 e. The summed E-state index contributed by atoms with van der Waals surface area (Å²) in [6.07, 6.45) is 3.69. The molecule has 3 nitrogen and oxygen atoms in total. The van der Waals surface area contributed by atoms with Crippen molar-refractivity contribution in [3.05, 3.63) is 22.8 Å². The quantitative estimate of drug-likeness (QED) is 0.453. The molecule has 0 rings (SSSR count). The number of halogens is 2. The fourth-order valence-electron chi connectivity index (χ4n) is 0.767. The van der Waals surface area contributed by atoms with E-state index in [1.165, 1.54) is 13.1 Å². The number of aliphatic imine (C=N–C) groups is 1. The highest BCUT2D eigenvalue weighted by atomic mass is 35.5. The zero-order valence-corrected chi connectivity index (χ0v) is 9.56. The summed E-state index contributed by atoms with van der Waals surface area (Å²) < 4.78 is 0. The number of nitrogens with two attached hydrogens (primary N) is 1. The van der Waals surface area contributed by atoms with Gasteiger partial charge in [0, 0.05) is 7.05 Å². The highest BCUT2D eigenvalue weighted by Crippen LogP contribution is 2.15. The molecule has 0 fully saturated rings. The summed E-state index contributed by atoms with van der Waals surface area (Å²) >= 11 is 11.4. The lowest BCUT2D eigenvalue weighted by Crippen LogP contribution is -2.14. The molecule has 5 heteroatoms. The van der Waals surface area contributed by atoms with Crippen molar-refractivity contribution in [3.63, 3.8) is 0 Å². The van der Waals surface area contributed by atoms with Crippen molar-refractivity contribution in [2.45, 2.75) is 13.3 Å². The molecule has 0 aliphatic rings. The first kappa shape index (κ1) is 13.2. The first-order chi connectivity index (χ1) is 6.52. The van der Waals surface area contributed by atoms with Crippen LogP contribution in [0.4, 0.5) is 0 Å². The van der Waals surface area contributed by atoms with Gasteiger partial charge in [0.1, 0.15) is 5.17 Å². The number of hydrogen-bond acceptors (Lipinski definition) is 2. The summed E-state index contributed by atoms with van der Waals surface area (Å²) in [6.45, 7) is 1.88. The second kappa shape index (κ2) is 6.62. The molecule has 0 bridgehead atoms. The molecule has 14 heavy (non-hydrogen) atoms. The molecule has 0 atom stereocenters. The van der Waals surface area contributed by atoms with Gasteiger partial charge in [0.25, 0.3) is 0 Å². The molecule has 0 heterocycles. The summed E-state index contributed by atoms with van der Waals surface area (Å²) in [7, 11) is 1.52. The molecule has 0 spiro atoms. The lowest BCUT2D eigenvalue weighted by atomic mass is 10.2. The number of allylic oxidation sites excluding steroid dienone is 2. The van der Waals surface area contributed by atoms with Crippen LogP contribution in [0, 0.1) is 0 Å². The van der Waals surface area contributed by atoms with E-state index in [0.29, 0.717) is 6.42 Å². The number of primary amides is 1. The topological polar surface area (TPSA) is 55.5 Å². The normalized spacial score (nSPS) is 14.4. The van der Waals surface area contributed by atoms with E-state index in [-0.39, 0.29) is 15.8 Å². The van der Waals surface area contributed by atoms with Crippen LogP contribution in [-0.4, -0.2) is 18.1 Å². The Bertz CT molecular complexity index is 306. The van der Waals surface area contributed by atoms with Crippen LogP contribution in [-0.2, 0) is 4.79 Å². The van der Waals surface area contributed by atoms with E-state index in [0.717, 1.165) is 0 Å². The van der Waals surface area contributed by atoms with Gasteiger partial charge in [-0.15, -0.1) is 0 Å². The minimum absolute atomic E-state index is 0.204. The maximum absolute atomic E-state index is 10.9. The Morgan fingerprint density at radius 2 is 2.07 bits per heavy atom. The lowest BCUT2D eigenvalue weighted by Gasteiger charge is -2.00. The molecule has 2 N–H and O–H groups in total. The molecule has 0 aromatic heterocycles. The number of carbonyl (C=O) groups excluding carboxylic acids is 1. The second-order valence-electron chi connectivity index (χ2n) is 2.43. The van der Waals surface area contributed by atoms with Gasteiger partial charge in [-0.05, 0) is 12.5 Å². The van der Waals surface area contributed by atoms with Gasteiger partial charge in [0.2, 0.25) is 5.91 Å². The van der Waals surface area contributed by atoms with Crippen LogP contribution in [0.1, 0.15) is 13.3 Å². The van der Waals surface area contributed by atoms with Gasteiger partial charge in [0.05, 0.1) is 10.6 Å². The molecule has 0 aromatic rings. The second-order valence-corrected chi connectivity index (χ2v) is 3.22. The Hall–Kier alpha value is -0.800. The highest BCUT2D eigenvalue weighted by molar-refractivity contribution is 6.69. The summed E-state index contributed by atoms with van der Waals surface area (Å²) in [4.78, 5) is 14.6.